The Kier molecular flexibility index (Phi) is 4.75. The van der Waals surface area contributed by atoms with Gasteiger partial charge >= 0.3 is 0 Å². The van der Waals surface area contributed by atoms with E-state index in [0.29, 0.717) is 0 Å². The normalized spacial score (nSPS) is 10.5. The summed E-state index contributed by atoms with van der Waals surface area (Å²) < 4.78 is 26.3. The summed E-state index contributed by atoms with van der Waals surface area (Å²) in [6.07, 6.45) is 1.28. The number of halogens is 4. The Labute approximate surface area is 130 Å². The summed E-state index contributed by atoms with van der Waals surface area (Å²) in [7, 11) is 0. The van der Waals surface area contributed by atoms with Crippen molar-refractivity contribution in [3.8, 4) is 0 Å². The van der Waals surface area contributed by atoms with E-state index in [2.05, 4.69) is 4.98 Å². The fourth-order valence-electron chi connectivity index (χ4n) is 1.79. The van der Waals surface area contributed by atoms with E-state index in [0.717, 1.165) is 12.1 Å². The number of anilines is 1. The van der Waals surface area contributed by atoms with E-state index in [9.17, 15) is 13.6 Å². The molecule has 0 N–H and O–H groups in total. The first-order valence-electron chi connectivity index (χ1n) is 6.02. The molecular formula is C14H10Cl2F2N2O. The van der Waals surface area contributed by atoms with E-state index in [1.807, 2.05) is 0 Å². The van der Waals surface area contributed by atoms with Crippen LogP contribution in [0, 0.1) is 11.6 Å². The van der Waals surface area contributed by atoms with Crippen LogP contribution in [0.3, 0.4) is 0 Å². The predicted molar refractivity (Wildman–Crippen MR) is 78.0 cm³/mol. The molecule has 0 atom stereocenters. The van der Waals surface area contributed by atoms with Gasteiger partial charge in [0.1, 0.15) is 5.15 Å². The summed E-state index contributed by atoms with van der Waals surface area (Å²) in [5.74, 6) is -2.43. The van der Waals surface area contributed by atoms with Gasteiger partial charge in [0.05, 0.1) is 10.6 Å². The van der Waals surface area contributed by atoms with Crippen molar-refractivity contribution in [1.29, 1.82) is 0 Å². The molecule has 2 rings (SSSR count). The van der Waals surface area contributed by atoms with E-state index in [-0.39, 0.29) is 28.0 Å². The van der Waals surface area contributed by atoms with Crippen LogP contribution in [0.25, 0.3) is 0 Å². The van der Waals surface area contributed by atoms with Crippen molar-refractivity contribution >= 4 is 34.8 Å². The van der Waals surface area contributed by atoms with Gasteiger partial charge in [0, 0.05) is 24.5 Å². The first-order chi connectivity index (χ1) is 9.93. The van der Waals surface area contributed by atoms with E-state index >= 15 is 0 Å². The molecular weight excluding hydrogens is 321 g/mol. The van der Waals surface area contributed by atoms with Crippen LogP contribution < -0.4 is 4.90 Å². The Morgan fingerprint density at radius 1 is 1.24 bits per heavy atom. The van der Waals surface area contributed by atoms with Gasteiger partial charge in [-0.2, -0.15) is 0 Å². The van der Waals surface area contributed by atoms with Crippen LogP contribution in [0.4, 0.5) is 14.5 Å². The van der Waals surface area contributed by atoms with Gasteiger partial charge < -0.3 is 4.90 Å². The van der Waals surface area contributed by atoms with E-state index in [4.69, 9.17) is 23.2 Å². The second kappa shape index (κ2) is 6.37. The zero-order valence-electron chi connectivity index (χ0n) is 10.9. The fourth-order valence-corrected chi connectivity index (χ4v) is 2.06. The van der Waals surface area contributed by atoms with Gasteiger partial charge in [-0.1, -0.05) is 23.2 Å². The molecule has 0 aliphatic rings. The van der Waals surface area contributed by atoms with Gasteiger partial charge in [-0.15, -0.1) is 0 Å². The Morgan fingerprint density at radius 3 is 2.52 bits per heavy atom. The number of hydrogen-bond donors (Lipinski definition) is 0. The van der Waals surface area contributed by atoms with Crippen LogP contribution in [0.1, 0.15) is 17.3 Å². The molecule has 0 unspecified atom stereocenters. The first-order valence-corrected chi connectivity index (χ1v) is 6.77. The van der Waals surface area contributed by atoms with Crippen LogP contribution in [0.15, 0.2) is 30.5 Å². The van der Waals surface area contributed by atoms with Gasteiger partial charge in [-0.3, -0.25) is 4.79 Å². The molecule has 0 spiro atoms. The van der Waals surface area contributed by atoms with E-state index < -0.39 is 17.5 Å². The maximum Gasteiger partial charge on any atom is 0.259 e. The number of aromatic nitrogens is 1. The summed E-state index contributed by atoms with van der Waals surface area (Å²) in [5.41, 5.74) is 0.448. The van der Waals surface area contributed by atoms with Gasteiger partial charge in [-0.05, 0) is 25.1 Å². The zero-order valence-corrected chi connectivity index (χ0v) is 12.4. The highest BCUT2D eigenvalue weighted by Crippen LogP contribution is 2.23. The topological polar surface area (TPSA) is 33.2 Å². The highest BCUT2D eigenvalue weighted by molar-refractivity contribution is 6.41. The number of carbonyl (C=O) groups is 1. The number of nitrogens with zero attached hydrogens (tertiary/aromatic N) is 2. The summed E-state index contributed by atoms with van der Waals surface area (Å²) >= 11 is 11.5. The van der Waals surface area contributed by atoms with E-state index in [1.165, 1.54) is 23.2 Å². The van der Waals surface area contributed by atoms with Crippen LogP contribution >= 0.6 is 23.2 Å². The van der Waals surface area contributed by atoms with Gasteiger partial charge in [0.25, 0.3) is 5.91 Å². The van der Waals surface area contributed by atoms with Crippen LogP contribution in [0.5, 0.6) is 0 Å². The SMILES string of the molecule is CCN(C(=O)c1cnc(Cl)c(Cl)c1)c1ccc(F)c(F)c1. The third-order valence-corrected chi connectivity index (χ3v) is 3.51. The number of hydrogen-bond acceptors (Lipinski definition) is 2. The third kappa shape index (κ3) is 3.31. The Balaban J connectivity index is 2.37. The molecule has 21 heavy (non-hydrogen) atoms. The summed E-state index contributed by atoms with van der Waals surface area (Å²) in [5, 5.41) is 0.230. The van der Waals surface area contributed by atoms with E-state index in [1.54, 1.807) is 6.92 Å². The largest absolute Gasteiger partial charge is 0.308 e. The summed E-state index contributed by atoms with van der Waals surface area (Å²) in [6, 6.07) is 4.63. The van der Waals surface area contributed by atoms with Gasteiger partial charge in [-0.25, -0.2) is 13.8 Å². The van der Waals surface area contributed by atoms with Crippen molar-refractivity contribution in [3.63, 3.8) is 0 Å². The maximum atomic E-state index is 13.3. The minimum atomic E-state index is -1.02. The molecule has 0 saturated heterocycles. The second-order valence-corrected chi connectivity index (χ2v) is 4.91. The lowest BCUT2D eigenvalue weighted by Crippen LogP contribution is -2.30. The highest BCUT2D eigenvalue weighted by Gasteiger charge is 2.19. The minimum Gasteiger partial charge on any atom is -0.308 e. The van der Waals surface area contributed by atoms with Crippen molar-refractivity contribution in [2.24, 2.45) is 0 Å². The molecule has 110 valence electrons. The molecule has 1 aromatic heterocycles. The number of pyridine rings is 1. The van der Waals surface area contributed by atoms with Crippen molar-refractivity contribution in [1.82, 2.24) is 4.98 Å². The Morgan fingerprint density at radius 2 is 1.95 bits per heavy atom. The first kappa shape index (κ1) is 15.7. The standard InChI is InChI=1S/C14H10Cl2F2N2O/c1-2-20(9-3-4-11(17)12(18)6-9)14(21)8-5-10(15)13(16)19-7-8/h3-7H,2H2,1H3. The molecule has 0 aliphatic heterocycles. The Hall–Kier alpha value is -1.72. The highest BCUT2D eigenvalue weighted by atomic mass is 35.5. The molecule has 7 heteroatoms. The predicted octanol–water partition coefficient (Wildman–Crippen LogP) is 4.33. The molecule has 3 nitrogen and oxygen atoms in total. The average Bonchev–Trinajstić information content (AvgIpc) is 2.46. The minimum absolute atomic E-state index is 0.0871. The van der Waals surface area contributed by atoms with Crippen LogP contribution in [-0.2, 0) is 0 Å². The number of rotatable bonds is 3. The fraction of sp³-hybridized carbons (Fsp3) is 0.143. The van der Waals surface area contributed by atoms with Crippen molar-refractivity contribution in [2.45, 2.75) is 6.92 Å². The maximum absolute atomic E-state index is 13.3. The number of carbonyl (C=O) groups excluding carboxylic acids is 1. The number of amides is 1. The quantitative estimate of drug-likeness (QED) is 0.784. The van der Waals surface area contributed by atoms with Crippen LogP contribution in [-0.4, -0.2) is 17.4 Å². The van der Waals surface area contributed by atoms with Crippen molar-refractivity contribution < 1.29 is 13.6 Å². The zero-order chi connectivity index (χ0) is 15.6. The molecule has 0 bridgehead atoms. The third-order valence-electron chi connectivity index (χ3n) is 2.82. The molecule has 0 fully saturated rings. The molecule has 1 heterocycles. The van der Waals surface area contributed by atoms with Gasteiger partial charge in [0.15, 0.2) is 11.6 Å². The monoisotopic (exact) mass is 330 g/mol. The molecule has 2 aromatic rings. The second-order valence-electron chi connectivity index (χ2n) is 4.14. The molecule has 1 amide bonds. The van der Waals surface area contributed by atoms with Crippen molar-refractivity contribution in [3.05, 3.63) is 57.8 Å². The summed E-state index contributed by atoms with van der Waals surface area (Å²) in [6.45, 7) is 1.98. The van der Waals surface area contributed by atoms with Gasteiger partial charge in [0.2, 0.25) is 0 Å². The van der Waals surface area contributed by atoms with Crippen molar-refractivity contribution in [2.75, 3.05) is 11.4 Å². The molecule has 1 aromatic carbocycles. The lowest BCUT2D eigenvalue weighted by atomic mass is 10.2. The summed E-state index contributed by atoms with van der Waals surface area (Å²) in [4.78, 5) is 17.5. The lowest BCUT2D eigenvalue weighted by molar-refractivity contribution is 0.0988. The van der Waals surface area contributed by atoms with Crippen LogP contribution in [0.2, 0.25) is 10.2 Å². The Bertz CT molecular complexity index is 695. The lowest BCUT2D eigenvalue weighted by Gasteiger charge is -2.21. The average molecular weight is 331 g/mol. The number of benzene rings is 1. The smallest absolute Gasteiger partial charge is 0.259 e. The molecule has 0 radical (unpaired) electrons. The molecule has 0 saturated carbocycles. The molecule has 0 aliphatic carbocycles.